The summed E-state index contributed by atoms with van der Waals surface area (Å²) in [5.41, 5.74) is 2.44. The summed E-state index contributed by atoms with van der Waals surface area (Å²) in [7, 11) is 0. The van der Waals surface area contributed by atoms with Gasteiger partial charge in [0.2, 0.25) is 0 Å². The first-order chi connectivity index (χ1) is 9.67. The normalized spacial score (nSPS) is 26.4. The number of ether oxygens (including phenoxy) is 1. The molecule has 2 aliphatic rings. The number of benzene rings is 1. The van der Waals surface area contributed by atoms with E-state index in [-0.39, 0.29) is 6.10 Å². The molecule has 0 aromatic heterocycles. The monoisotopic (exact) mass is 338 g/mol. The summed E-state index contributed by atoms with van der Waals surface area (Å²) < 4.78 is 6.86. The van der Waals surface area contributed by atoms with Gasteiger partial charge in [0.1, 0.15) is 5.75 Å². The average molecular weight is 339 g/mol. The van der Waals surface area contributed by atoms with E-state index in [1.807, 2.05) is 0 Å². The maximum Gasteiger partial charge on any atom is 0.125 e. The molecule has 0 amide bonds. The molecule has 1 N–H and O–H groups in total. The Morgan fingerprint density at radius 2 is 2.25 bits per heavy atom. The second-order valence-corrected chi connectivity index (χ2v) is 7.19. The standard InChI is InChI=1S/C17H23BrO2/c1-2-11-3-4-12(7-11)16(19)10-14-9-15(18)8-13-5-6-20-17(13)14/h8-9,11-12,16,19H,2-7,10H2,1H3. The zero-order valence-electron chi connectivity index (χ0n) is 12.1. The van der Waals surface area contributed by atoms with Crippen molar-refractivity contribution in [2.45, 2.75) is 51.6 Å². The van der Waals surface area contributed by atoms with E-state index in [2.05, 4.69) is 35.0 Å². The van der Waals surface area contributed by atoms with Gasteiger partial charge in [0.25, 0.3) is 0 Å². The van der Waals surface area contributed by atoms with Crippen molar-refractivity contribution in [1.82, 2.24) is 0 Å². The number of rotatable bonds is 4. The van der Waals surface area contributed by atoms with Gasteiger partial charge in [-0.15, -0.1) is 0 Å². The number of hydrogen-bond donors (Lipinski definition) is 1. The van der Waals surface area contributed by atoms with Gasteiger partial charge < -0.3 is 9.84 Å². The molecule has 0 saturated heterocycles. The van der Waals surface area contributed by atoms with E-state index < -0.39 is 0 Å². The first-order valence-corrected chi connectivity index (χ1v) is 8.58. The van der Waals surface area contributed by atoms with E-state index in [9.17, 15) is 5.11 Å². The number of fused-ring (bicyclic) bond motifs is 1. The Balaban J connectivity index is 1.72. The predicted molar refractivity (Wildman–Crippen MR) is 84.2 cm³/mol. The van der Waals surface area contributed by atoms with Gasteiger partial charge in [-0.05, 0) is 47.9 Å². The molecular formula is C17H23BrO2. The van der Waals surface area contributed by atoms with Crippen molar-refractivity contribution in [3.63, 3.8) is 0 Å². The van der Waals surface area contributed by atoms with E-state index in [0.29, 0.717) is 5.92 Å². The van der Waals surface area contributed by atoms with Crippen LogP contribution in [0.3, 0.4) is 0 Å². The van der Waals surface area contributed by atoms with Gasteiger partial charge in [0.05, 0.1) is 12.7 Å². The van der Waals surface area contributed by atoms with Gasteiger partial charge in [0.15, 0.2) is 0 Å². The third kappa shape index (κ3) is 2.89. The van der Waals surface area contributed by atoms with Crippen LogP contribution in [0, 0.1) is 11.8 Å². The van der Waals surface area contributed by atoms with E-state index in [1.165, 1.54) is 36.8 Å². The van der Waals surface area contributed by atoms with Crippen molar-refractivity contribution < 1.29 is 9.84 Å². The van der Waals surface area contributed by atoms with Gasteiger partial charge in [-0.2, -0.15) is 0 Å². The summed E-state index contributed by atoms with van der Waals surface area (Å²) in [5, 5.41) is 10.6. The van der Waals surface area contributed by atoms with Crippen LogP contribution < -0.4 is 4.74 Å². The summed E-state index contributed by atoms with van der Waals surface area (Å²) >= 11 is 3.57. The maximum absolute atomic E-state index is 10.6. The minimum Gasteiger partial charge on any atom is -0.493 e. The molecule has 110 valence electrons. The lowest BCUT2D eigenvalue weighted by molar-refractivity contribution is 0.108. The Labute approximate surface area is 129 Å². The lowest BCUT2D eigenvalue weighted by Crippen LogP contribution is -2.21. The third-order valence-electron chi connectivity index (χ3n) is 4.96. The number of aliphatic hydroxyl groups excluding tert-OH is 1. The first-order valence-electron chi connectivity index (χ1n) is 7.79. The highest BCUT2D eigenvalue weighted by molar-refractivity contribution is 9.10. The average Bonchev–Trinajstić information content (AvgIpc) is 3.06. The fourth-order valence-electron chi connectivity index (χ4n) is 3.72. The highest BCUT2D eigenvalue weighted by Gasteiger charge is 2.30. The largest absolute Gasteiger partial charge is 0.493 e. The van der Waals surface area contributed by atoms with Crippen LogP contribution in [0.5, 0.6) is 5.75 Å². The first kappa shape index (κ1) is 14.4. The number of aliphatic hydroxyl groups is 1. The minimum absolute atomic E-state index is 0.228. The Bertz CT molecular complexity index is 486. The minimum atomic E-state index is -0.228. The fraction of sp³-hybridized carbons (Fsp3) is 0.647. The van der Waals surface area contributed by atoms with Gasteiger partial charge in [0, 0.05) is 17.3 Å². The van der Waals surface area contributed by atoms with Crippen LogP contribution in [0.15, 0.2) is 16.6 Å². The molecule has 0 bridgehead atoms. The van der Waals surface area contributed by atoms with Crippen molar-refractivity contribution in [2.75, 3.05) is 6.61 Å². The Hall–Kier alpha value is -0.540. The van der Waals surface area contributed by atoms with Crippen LogP contribution in [0.4, 0.5) is 0 Å². The van der Waals surface area contributed by atoms with Crippen molar-refractivity contribution in [2.24, 2.45) is 11.8 Å². The molecule has 2 nitrogen and oxygen atoms in total. The molecular weight excluding hydrogens is 316 g/mol. The molecule has 3 unspecified atom stereocenters. The molecule has 20 heavy (non-hydrogen) atoms. The zero-order chi connectivity index (χ0) is 14.1. The second-order valence-electron chi connectivity index (χ2n) is 6.27. The molecule has 1 heterocycles. The topological polar surface area (TPSA) is 29.5 Å². The smallest absolute Gasteiger partial charge is 0.125 e. The van der Waals surface area contributed by atoms with Crippen LogP contribution in [0.1, 0.15) is 43.7 Å². The Morgan fingerprint density at radius 1 is 1.40 bits per heavy atom. The summed E-state index contributed by atoms with van der Waals surface area (Å²) in [6.45, 7) is 3.03. The number of hydrogen-bond acceptors (Lipinski definition) is 2. The van der Waals surface area contributed by atoms with E-state index in [1.54, 1.807) is 0 Å². The molecule has 1 aliphatic heterocycles. The zero-order valence-corrected chi connectivity index (χ0v) is 13.7. The molecule has 1 fully saturated rings. The summed E-state index contributed by atoms with van der Waals surface area (Å²) in [6.07, 6.45) is 6.38. The van der Waals surface area contributed by atoms with Crippen LogP contribution in [0.25, 0.3) is 0 Å². The van der Waals surface area contributed by atoms with Crippen LogP contribution in [-0.4, -0.2) is 17.8 Å². The fourth-order valence-corrected chi connectivity index (χ4v) is 4.28. The van der Waals surface area contributed by atoms with Gasteiger partial charge in [-0.25, -0.2) is 0 Å². The SMILES string of the molecule is CCC1CCC(C(O)Cc2cc(Br)cc3c2OCC3)C1. The summed E-state index contributed by atoms with van der Waals surface area (Å²) in [4.78, 5) is 0. The highest BCUT2D eigenvalue weighted by Crippen LogP contribution is 2.38. The van der Waals surface area contributed by atoms with Crippen molar-refractivity contribution in [1.29, 1.82) is 0 Å². The van der Waals surface area contributed by atoms with E-state index >= 15 is 0 Å². The predicted octanol–water partition coefficient (Wildman–Crippen LogP) is 4.11. The highest BCUT2D eigenvalue weighted by atomic mass is 79.9. The molecule has 3 atom stereocenters. The Kier molecular flexibility index (Phi) is 4.37. The lowest BCUT2D eigenvalue weighted by Gasteiger charge is -2.19. The van der Waals surface area contributed by atoms with Crippen molar-refractivity contribution >= 4 is 15.9 Å². The van der Waals surface area contributed by atoms with Gasteiger partial charge in [-0.3, -0.25) is 0 Å². The van der Waals surface area contributed by atoms with Crippen LogP contribution >= 0.6 is 15.9 Å². The summed E-state index contributed by atoms with van der Waals surface area (Å²) in [6, 6.07) is 4.25. The Morgan fingerprint density at radius 3 is 3.00 bits per heavy atom. The molecule has 1 aromatic carbocycles. The number of halogens is 1. The van der Waals surface area contributed by atoms with Crippen molar-refractivity contribution in [3.05, 3.63) is 27.7 Å². The van der Waals surface area contributed by atoms with E-state index in [0.717, 1.165) is 35.6 Å². The van der Waals surface area contributed by atoms with Gasteiger partial charge in [-0.1, -0.05) is 35.7 Å². The molecule has 1 saturated carbocycles. The lowest BCUT2D eigenvalue weighted by atomic mass is 9.92. The van der Waals surface area contributed by atoms with Gasteiger partial charge >= 0.3 is 0 Å². The molecule has 0 radical (unpaired) electrons. The summed E-state index contributed by atoms with van der Waals surface area (Å²) in [5.74, 6) is 2.31. The molecule has 3 heteroatoms. The van der Waals surface area contributed by atoms with E-state index in [4.69, 9.17) is 4.74 Å². The maximum atomic E-state index is 10.6. The molecule has 3 rings (SSSR count). The van der Waals surface area contributed by atoms with Crippen molar-refractivity contribution in [3.8, 4) is 5.75 Å². The molecule has 1 aromatic rings. The van der Waals surface area contributed by atoms with Crippen LogP contribution in [-0.2, 0) is 12.8 Å². The molecule has 1 aliphatic carbocycles. The quantitative estimate of drug-likeness (QED) is 0.894. The second kappa shape index (κ2) is 6.07. The third-order valence-corrected chi connectivity index (χ3v) is 5.42. The van der Waals surface area contributed by atoms with Crippen LogP contribution in [0.2, 0.25) is 0 Å². The molecule has 0 spiro atoms.